The molecule has 0 radical (unpaired) electrons. The van der Waals surface area contributed by atoms with Crippen LogP contribution in [0.1, 0.15) is 17.5 Å². The molecular formula is C24H26N4O7S. The van der Waals surface area contributed by atoms with Gasteiger partial charge in [-0.2, -0.15) is 4.99 Å². The third kappa shape index (κ3) is 3.30. The molecule has 0 unspecified atom stereocenters. The van der Waals surface area contributed by atoms with E-state index < -0.39 is 63.8 Å². The number of aromatic hydroxyl groups is 1. The van der Waals surface area contributed by atoms with Gasteiger partial charge in [-0.3, -0.25) is 19.3 Å². The second-order valence-corrected chi connectivity index (χ2v) is 9.86. The smallest absolute Gasteiger partial charge is 0.255 e. The van der Waals surface area contributed by atoms with Crippen molar-refractivity contribution in [2.24, 2.45) is 22.6 Å². The summed E-state index contributed by atoms with van der Waals surface area (Å²) < 4.78 is 0. The molecule has 12 heteroatoms. The summed E-state index contributed by atoms with van der Waals surface area (Å²) in [6, 6.07) is 0.441. The number of hydrogen-bond acceptors (Lipinski definition) is 11. The molecule has 3 aliphatic rings. The number of anilines is 1. The van der Waals surface area contributed by atoms with Crippen LogP contribution in [0.15, 0.2) is 28.0 Å². The van der Waals surface area contributed by atoms with Gasteiger partial charge in [-0.05, 0) is 56.7 Å². The summed E-state index contributed by atoms with van der Waals surface area (Å²) in [6.07, 6.45) is 0.191. The normalized spacial score (nSPS) is 27.3. The van der Waals surface area contributed by atoms with E-state index in [0.29, 0.717) is 11.3 Å². The lowest BCUT2D eigenvalue weighted by Crippen LogP contribution is -2.65. The number of phenolic OH excluding ortho intramolecular Hbond substituents is 1. The third-order valence-corrected chi connectivity index (χ3v) is 7.42. The van der Waals surface area contributed by atoms with Gasteiger partial charge in [0.1, 0.15) is 22.8 Å². The zero-order valence-corrected chi connectivity index (χ0v) is 20.9. The number of fused-ring (bicyclic) bond motifs is 3. The van der Waals surface area contributed by atoms with Crippen LogP contribution in [0, 0.1) is 11.8 Å². The van der Waals surface area contributed by atoms with Crippen molar-refractivity contribution >= 4 is 52.0 Å². The fourth-order valence-electron chi connectivity index (χ4n) is 5.81. The summed E-state index contributed by atoms with van der Waals surface area (Å²) in [4.78, 5) is 46.1. The van der Waals surface area contributed by atoms with E-state index in [9.17, 15) is 34.8 Å². The third-order valence-electron chi connectivity index (χ3n) is 7.33. The first-order chi connectivity index (χ1) is 16.8. The van der Waals surface area contributed by atoms with Gasteiger partial charge in [-0.25, -0.2) is 0 Å². The first kappa shape index (κ1) is 25.5. The van der Waals surface area contributed by atoms with E-state index in [1.807, 2.05) is 0 Å². The van der Waals surface area contributed by atoms with Crippen molar-refractivity contribution in [1.82, 2.24) is 4.90 Å². The Morgan fingerprint density at radius 2 is 1.86 bits per heavy atom. The number of Topliss-reactive ketones (excluding diaryl/α,β-unsaturated/α-hetero) is 2. The van der Waals surface area contributed by atoms with Crippen LogP contribution in [0.2, 0.25) is 0 Å². The number of primary amides is 1. The molecule has 3 aliphatic carbocycles. The highest BCUT2D eigenvalue weighted by Gasteiger charge is 2.64. The molecule has 0 bridgehead atoms. The van der Waals surface area contributed by atoms with Gasteiger partial charge >= 0.3 is 0 Å². The number of carbonyl (C=O) groups is 3. The van der Waals surface area contributed by atoms with Crippen LogP contribution in [-0.4, -0.2) is 87.8 Å². The quantitative estimate of drug-likeness (QED) is 0.219. The SMILES string of the molecule is CN(C)c1cc(N=C=S)c(O)c2c1C[C@@H]1C[C@@H]3[C@H](N(C)C)C(=O)C(C(N)=O)=C(O)[C@]3(O)C(=O)C1=C2O. The maximum absolute atomic E-state index is 13.8. The number of ketones is 2. The fraction of sp³-hybridized carbons (Fsp3) is 0.417. The Balaban J connectivity index is 2.03. The Labute approximate surface area is 211 Å². The molecule has 11 nitrogen and oxygen atoms in total. The van der Waals surface area contributed by atoms with Crippen molar-refractivity contribution in [3.8, 4) is 5.75 Å². The number of carbonyl (C=O) groups excluding carboxylic acids is 3. The van der Waals surface area contributed by atoms with Crippen molar-refractivity contribution in [1.29, 1.82) is 0 Å². The number of rotatable bonds is 4. The van der Waals surface area contributed by atoms with Crippen molar-refractivity contribution in [2.45, 2.75) is 24.5 Å². The largest absolute Gasteiger partial charge is 0.508 e. The lowest BCUT2D eigenvalue weighted by Gasteiger charge is -2.50. The minimum absolute atomic E-state index is 0.0131. The number of aliphatic imine (C=N–C) groups is 1. The lowest BCUT2D eigenvalue weighted by atomic mass is 9.57. The summed E-state index contributed by atoms with van der Waals surface area (Å²) in [7, 11) is 6.62. The number of likely N-dealkylation sites (N-methyl/N-ethyl adjacent to an activating group) is 1. The number of isothiocyanates is 1. The maximum atomic E-state index is 13.8. The number of amides is 1. The van der Waals surface area contributed by atoms with E-state index in [1.54, 1.807) is 39.2 Å². The Morgan fingerprint density at radius 1 is 1.22 bits per heavy atom. The number of benzene rings is 1. The molecule has 1 saturated carbocycles. The van der Waals surface area contributed by atoms with E-state index in [4.69, 9.17) is 5.73 Å². The molecule has 0 saturated heterocycles. The van der Waals surface area contributed by atoms with Crippen molar-refractivity contribution < 1.29 is 34.8 Å². The van der Waals surface area contributed by atoms with Crippen LogP contribution in [0.3, 0.4) is 0 Å². The average molecular weight is 515 g/mol. The van der Waals surface area contributed by atoms with Gasteiger partial charge in [0, 0.05) is 31.3 Å². The maximum Gasteiger partial charge on any atom is 0.255 e. The number of aliphatic hydroxyl groups excluding tert-OH is 2. The van der Waals surface area contributed by atoms with Crippen LogP contribution >= 0.6 is 12.2 Å². The molecule has 0 spiro atoms. The zero-order valence-electron chi connectivity index (χ0n) is 20.1. The number of thiocarbonyl (C=S) groups is 1. The summed E-state index contributed by atoms with van der Waals surface area (Å²) in [5.74, 6) is -7.09. The minimum Gasteiger partial charge on any atom is -0.508 e. The van der Waals surface area contributed by atoms with E-state index >= 15 is 0 Å². The summed E-state index contributed by atoms with van der Waals surface area (Å²) >= 11 is 4.66. The molecule has 36 heavy (non-hydrogen) atoms. The highest BCUT2D eigenvalue weighted by atomic mass is 32.1. The highest BCUT2D eigenvalue weighted by molar-refractivity contribution is 7.78. The summed E-state index contributed by atoms with van der Waals surface area (Å²) in [5.41, 5.74) is 2.66. The van der Waals surface area contributed by atoms with Crippen LogP contribution < -0.4 is 10.6 Å². The van der Waals surface area contributed by atoms with Crippen molar-refractivity contribution in [2.75, 3.05) is 33.1 Å². The molecule has 1 aromatic carbocycles. The first-order valence-electron chi connectivity index (χ1n) is 11.1. The highest BCUT2D eigenvalue weighted by Crippen LogP contribution is 2.54. The summed E-state index contributed by atoms with van der Waals surface area (Å²) in [6.45, 7) is 0. The molecule has 0 aromatic heterocycles. The van der Waals surface area contributed by atoms with E-state index in [2.05, 4.69) is 22.4 Å². The Kier molecular flexibility index (Phi) is 6.04. The van der Waals surface area contributed by atoms with Gasteiger partial charge < -0.3 is 31.1 Å². The molecular weight excluding hydrogens is 488 g/mol. The Morgan fingerprint density at radius 3 is 2.39 bits per heavy atom. The number of nitrogens with two attached hydrogens (primary N) is 1. The molecule has 4 rings (SSSR count). The number of phenols is 1. The fourth-order valence-corrected chi connectivity index (χ4v) is 5.91. The molecule has 4 atom stereocenters. The Bertz CT molecular complexity index is 1340. The molecule has 1 fully saturated rings. The predicted octanol–water partition coefficient (Wildman–Crippen LogP) is 0.764. The molecule has 6 N–H and O–H groups in total. The molecule has 1 aromatic rings. The monoisotopic (exact) mass is 514 g/mol. The standard InChI is InChI=1S/C24H26N4O7S/c1-27(2)13-7-12(26-8-36)18(29)15-10(13)5-9-6-11-17(28(3)4)20(31)16(23(25)34)22(33)24(11,35)21(32)14(9)19(15)30/h7,9,11,17,29-30,33,35H,5-6H2,1-4H3,(H2,25,34)/t9-,11-,17+,24-/m1/s1. The second-order valence-electron chi connectivity index (χ2n) is 9.68. The Hall–Kier alpha value is -3.57. The van der Waals surface area contributed by atoms with Gasteiger partial charge in [0.15, 0.2) is 17.1 Å². The topological polar surface area (TPSA) is 177 Å². The van der Waals surface area contributed by atoms with Gasteiger partial charge in [0.05, 0.1) is 16.8 Å². The van der Waals surface area contributed by atoms with Crippen molar-refractivity contribution in [3.05, 3.63) is 34.1 Å². The van der Waals surface area contributed by atoms with Crippen LogP contribution in [0.4, 0.5) is 11.4 Å². The molecule has 1 amide bonds. The van der Waals surface area contributed by atoms with Gasteiger partial charge in [-0.15, -0.1) is 0 Å². The first-order valence-corrected chi connectivity index (χ1v) is 11.5. The zero-order chi connectivity index (χ0) is 26.9. The number of nitrogens with zero attached hydrogens (tertiary/aromatic N) is 3. The minimum atomic E-state index is -2.69. The van der Waals surface area contributed by atoms with E-state index in [0.717, 1.165) is 0 Å². The van der Waals surface area contributed by atoms with Crippen LogP contribution in [0.25, 0.3) is 5.76 Å². The van der Waals surface area contributed by atoms with E-state index in [1.165, 1.54) is 4.90 Å². The van der Waals surface area contributed by atoms with Gasteiger partial charge in [-0.1, -0.05) is 0 Å². The predicted molar refractivity (Wildman–Crippen MR) is 133 cm³/mol. The van der Waals surface area contributed by atoms with Crippen LogP contribution in [-0.2, 0) is 20.8 Å². The van der Waals surface area contributed by atoms with Gasteiger partial charge in [0.2, 0.25) is 5.78 Å². The lowest BCUT2D eigenvalue weighted by molar-refractivity contribution is -0.153. The van der Waals surface area contributed by atoms with Gasteiger partial charge in [0.25, 0.3) is 5.91 Å². The van der Waals surface area contributed by atoms with Crippen LogP contribution in [0.5, 0.6) is 5.75 Å². The molecule has 0 aliphatic heterocycles. The second kappa shape index (κ2) is 8.52. The number of aliphatic hydroxyl groups is 3. The molecule has 190 valence electrons. The summed E-state index contributed by atoms with van der Waals surface area (Å²) in [5, 5.41) is 46.9. The number of hydrogen-bond donors (Lipinski definition) is 5. The average Bonchev–Trinajstić information content (AvgIpc) is 2.77. The molecule has 0 heterocycles. The van der Waals surface area contributed by atoms with E-state index in [-0.39, 0.29) is 29.7 Å². The van der Waals surface area contributed by atoms with Crippen molar-refractivity contribution in [3.63, 3.8) is 0 Å².